The van der Waals surface area contributed by atoms with E-state index in [2.05, 4.69) is 254 Å². The molecule has 1 nitrogen and oxygen atoms in total. The summed E-state index contributed by atoms with van der Waals surface area (Å²) in [6.07, 6.45) is 4.82. The third-order valence-electron chi connectivity index (χ3n) is 18.4. The van der Waals surface area contributed by atoms with Crippen molar-refractivity contribution in [3.8, 4) is 44.5 Å². The maximum atomic E-state index is 2.65. The Bertz CT molecular complexity index is 4540. The van der Waals surface area contributed by atoms with Crippen molar-refractivity contribution >= 4 is 70.9 Å². The van der Waals surface area contributed by atoms with Crippen molar-refractivity contribution in [1.29, 1.82) is 0 Å². The van der Waals surface area contributed by atoms with E-state index < -0.39 is 5.41 Å². The van der Waals surface area contributed by atoms with Crippen molar-refractivity contribution in [1.82, 2.24) is 0 Å². The van der Waals surface area contributed by atoms with E-state index in [1.54, 1.807) is 0 Å². The average molecular weight is 952 g/mol. The summed E-state index contributed by atoms with van der Waals surface area (Å²) in [7, 11) is 0. The van der Waals surface area contributed by atoms with Crippen molar-refractivity contribution < 1.29 is 0 Å². The van der Waals surface area contributed by atoms with Gasteiger partial charge < -0.3 is 4.90 Å². The monoisotopic (exact) mass is 951 g/mol. The van der Waals surface area contributed by atoms with Crippen molar-refractivity contribution in [2.75, 3.05) is 4.90 Å². The topological polar surface area (TPSA) is 3.24 Å². The molecule has 0 amide bonds. The van der Waals surface area contributed by atoms with E-state index in [1.807, 2.05) is 0 Å². The van der Waals surface area contributed by atoms with Gasteiger partial charge in [-0.3, -0.25) is 0 Å². The van der Waals surface area contributed by atoms with E-state index in [0.29, 0.717) is 0 Å². The van der Waals surface area contributed by atoms with Crippen LogP contribution in [-0.4, -0.2) is 0 Å². The molecule has 0 heterocycles. The van der Waals surface area contributed by atoms with Gasteiger partial charge in [0.2, 0.25) is 0 Å². The fourth-order valence-corrected chi connectivity index (χ4v) is 15.3. The first-order chi connectivity index (χ1) is 37.2. The molecule has 0 saturated heterocycles. The van der Waals surface area contributed by atoms with E-state index in [9.17, 15) is 0 Å². The van der Waals surface area contributed by atoms with Crippen LogP contribution in [0.4, 0.5) is 17.1 Å². The van der Waals surface area contributed by atoms with Crippen LogP contribution in [0.25, 0.3) is 98.4 Å². The minimum Gasteiger partial charge on any atom is -0.310 e. The molecule has 350 valence electrons. The zero-order valence-electron chi connectivity index (χ0n) is 41.4. The van der Waals surface area contributed by atoms with E-state index >= 15 is 0 Å². The quantitative estimate of drug-likeness (QED) is 0.159. The lowest BCUT2D eigenvalue weighted by molar-refractivity contribution is 0.550. The molecule has 1 fully saturated rings. The summed E-state index contributed by atoms with van der Waals surface area (Å²) in [4.78, 5) is 2.65. The third kappa shape index (κ3) is 5.47. The average Bonchev–Trinajstić information content (AvgIpc) is 4.42. The lowest BCUT2D eigenvalue weighted by atomic mass is 9.70. The van der Waals surface area contributed by atoms with Crippen molar-refractivity contribution in [2.24, 2.45) is 0 Å². The summed E-state index contributed by atoms with van der Waals surface area (Å²) in [5.74, 6) is 0. The number of nitrogens with zero attached hydrogens (tertiary/aromatic N) is 1. The number of benzene rings is 13. The fraction of sp³-hybridized carbons (Fsp3) is 0.0811. The van der Waals surface area contributed by atoms with Crippen LogP contribution >= 0.6 is 0 Å². The van der Waals surface area contributed by atoms with Gasteiger partial charge in [0.1, 0.15) is 0 Å². The van der Waals surface area contributed by atoms with Gasteiger partial charge in [0.05, 0.1) is 11.1 Å². The molecule has 4 aliphatic rings. The Morgan fingerprint density at radius 1 is 0.267 bits per heavy atom. The van der Waals surface area contributed by atoms with Gasteiger partial charge in [0, 0.05) is 22.4 Å². The van der Waals surface area contributed by atoms with E-state index in [1.165, 1.54) is 169 Å². The smallest absolute Gasteiger partial charge is 0.0726 e. The van der Waals surface area contributed by atoms with Crippen LogP contribution in [0.2, 0.25) is 0 Å². The Labute approximate surface area is 436 Å². The second-order valence-electron chi connectivity index (χ2n) is 21.7. The van der Waals surface area contributed by atoms with Gasteiger partial charge in [-0.25, -0.2) is 0 Å². The predicted octanol–water partition coefficient (Wildman–Crippen LogP) is 19.8. The molecule has 0 aromatic heterocycles. The van der Waals surface area contributed by atoms with Gasteiger partial charge in [-0.2, -0.15) is 0 Å². The van der Waals surface area contributed by atoms with Crippen LogP contribution < -0.4 is 4.90 Å². The molecule has 0 radical (unpaired) electrons. The molecule has 1 heteroatoms. The van der Waals surface area contributed by atoms with Gasteiger partial charge in [-0.15, -0.1) is 0 Å². The Morgan fingerprint density at radius 2 is 0.733 bits per heavy atom. The van der Waals surface area contributed by atoms with Crippen LogP contribution in [0.1, 0.15) is 59.1 Å². The summed E-state index contributed by atoms with van der Waals surface area (Å²) in [5, 5.41) is 12.7. The molecule has 13 aromatic rings. The number of rotatable bonds is 4. The molecular weight excluding hydrogens is 903 g/mol. The second-order valence-corrected chi connectivity index (χ2v) is 21.7. The van der Waals surface area contributed by atoms with Crippen molar-refractivity contribution in [3.05, 3.63) is 282 Å². The lowest BCUT2D eigenvalue weighted by Gasteiger charge is -2.34. The zero-order chi connectivity index (χ0) is 49.0. The minimum atomic E-state index is -0.524. The standard InChI is InChI=1S/C74H49N/c1-2-18-51-46(17-1)31-32-47-33-34-48(41-62(47)51)63-44-65-60-26-10-14-30-69(60)74(67-28-12-8-24-58(67)59-25-9-13-29-68(59)74)71(65)45-72(63)75(50-36-38-61-57-23-7-11-27-66(57)73(70(61)43-50)39-15-16-40-73)49-35-37-56-54-21-4-3-19-52(54)53-20-5-6-22-55(53)64(56)42-49/h1-14,17-38,41-45H,15-16,39-40H2. The number of hydrogen-bond acceptors (Lipinski definition) is 1. The molecule has 1 saturated carbocycles. The second kappa shape index (κ2) is 15.3. The molecular formula is C74H49N. The predicted molar refractivity (Wildman–Crippen MR) is 315 cm³/mol. The minimum absolute atomic E-state index is 0.00472. The summed E-state index contributed by atoms with van der Waals surface area (Å²) in [5.41, 5.74) is 21.7. The molecule has 4 aliphatic carbocycles. The Morgan fingerprint density at radius 3 is 1.39 bits per heavy atom. The van der Waals surface area contributed by atoms with Crippen LogP contribution in [0.3, 0.4) is 0 Å². The maximum Gasteiger partial charge on any atom is 0.0726 e. The van der Waals surface area contributed by atoms with Gasteiger partial charge >= 0.3 is 0 Å². The van der Waals surface area contributed by atoms with E-state index in [0.717, 1.165) is 5.69 Å². The Kier molecular flexibility index (Phi) is 8.43. The third-order valence-corrected chi connectivity index (χ3v) is 18.4. The fourth-order valence-electron chi connectivity index (χ4n) is 15.3. The summed E-state index contributed by atoms with van der Waals surface area (Å²) >= 11 is 0. The van der Waals surface area contributed by atoms with Gasteiger partial charge in [0.15, 0.2) is 0 Å². The Balaban J connectivity index is 1.02. The maximum absolute atomic E-state index is 2.65. The lowest BCUT2D eigenvalue weighted by Crippen LogP contribution is -2.26. The number of hydrogen-bond donors (Lipinski definition) is 0. The summed E-state index contributed by atoms with van der Waals surface area (Å²) < 4.78 is 0. The highest BCUT2D eigenvalue weighted by Gasteiger charge is 2.52. The summed E-state index contributed by atoms with van der Waals surface area (Å²) in [6, 6.07) is 95.6. The van der Waals surface area contributed by atoms with Crippen LogP contribution in [-0.2, 0) is 10.8 Å². The molecule has 2 spiro atoms. The zero-order valence-corrected chi connectivity index (χ0v) is 41.4. The molecule has 0 N–H and O–H groups in total. The van der Waals surface area contributed by atoms with Crippen LogP contribution in [0.5, 0.6) is 0 Å². The first-order valence-corrected chi connectivity index (χ1v) is 26.9. The Hall–Kier alpha value is -9.04. The highest BCUT2D eigenvalue weighted by Crippen LogP contribution is 2.65. The van der Waals surface area contributed by atoms with E-state index in [4.69, 9.17) is 0 Å². The van der Waals surface area contributed by atoms with Gasteiger partial charge in [-0.05, 0) is 181 Å². The summed E-state index contributed by atoms with van der Waals surface area (Å²) in [6.45, 7) is 0. The SMILES string of the molecule is c1ccc2c(c1)-c1ccc(N(c3ccc4c5ccccc5c5ccccc5c4c3)c3cc4c(cc3-c3ccc5ccc6ccccc6c5c3)-c3ccccc3C43c4ccccc4-c4ccccc43)cc1C21CCCC1. The normalized spacial score (nSPS) is 14.9. The molecule has 75 heavy (non-hydrogen) atoms. The largest absolute Gasteiger partial charge is 0.310 e. The molecule has 17 rings (SSSR count). The molecule has 0 unspecified atom stereocenters. The van der Waals surface area contributed by atoms with Crippen molar-refractivity contribution in [2.45, 2.75) is 36.5 Å². The molecule has 0 bridgehead atoms. The van der Waals surface area contributed by atoms with Crippen molar-refractivity contribution in [3.63, 3.8) is 0 Å². The van der Waals surface area contributed by atoms with E-state index in [-0.39, 0.29) is 5.41 Å². The highest BCUT2D eigenvalue weighted by atomic mass is 15.1. The van der Waals surface area contributed by atoms with Gasteiger partial charge in [0.25, 0.3) is 0 Å². The number of anilines is 3. The first kappa shape index (κ1) is 41.4. The van der Waals surface area contributed by atoms with Gasteiger partial charge in [-0.1, -0.05) is 219 Å². The highest BCUT2D eigenvalue weighted by molar-refractivity contribution is 6.26. The molecule has 13 aromatic carbocycles. The first-order valence-electron chi connectivity index (χ1n) is 26.9. The number of fused-ring (bicyclic) bond motifs is 24. The molecule has 0 atom stereocenters. The molecule has 0 aliphatic heterocycles. The van der Waals surface area contributed by atoms with Crippen LogP contribution in [0.15, 0.2) is 249 Å². The van der Waals surface area contributed by atoms with Crippen LogP contribution in [0, 0.1) is 0 Å².